The number of thiophene rings is 1. The first-order valence-corrected chi connectivity index (χ1v) is 6.92. The zero-order chi connectivity index (χ0) is 14.9. The number of rotatable bonds is 4. The van der Waals surface area contributed by atoms with Crippen molar-refractivity contribution in [3.05, 3.63) is 33.5 Å². The van der Waals surface area contributed by atoms with Crippen LogP contribution < -0.4 is 11.1 Å². The predicted molar refractivity (Wildman–Crippen MR) is 76.1 cm³/mol. The normalized spacial score (nSPS) is 10.6. The number of carbonyl (C=O) groups is 2. The van der Waals surface area contributed by atoms with Gasteiger partial charge >= 0.3 is 0 Å². The zero-order valence-electron chi connectivity index (χ0n) is 11.4. The van der Waals surface area contributed by atoms with Crippen LogP contribution in [-0.4, -0.2) is 17.0 Å². The molecule has 0 aromatic carbocycles. The summed E-state index contributed by atoms with van der Waals surface area (Å²) in [4.78, 5) is 24.6. The molecular weight excluding hydrogens is 278 g/mol. The third-order valence-corrected chi connectivity index (χ3v) is 3.96. The summed E-state index contributed by atoms with van der Waals surface area (Å²) in [5, 5.41) is 6.77. The van der Waals surface area contributed by atoms with Crippen LogP contribution in [0.15, 0.2) is 10.6 Å². The molecule has 0 atom stereocenters. The first-order valence-electron chi connectivity index (χ1n) is 6.10. The molecule has 7 heteroatoms. The van der Waals surface area contributed by atoms with Gasteiger partial charge in [0.2, 0.25) is 0 Å². The van der Waals surface area contributed by atoms with Gasteiger partial charge in [-0.1, -0.05) is 12.1 Å². The highest BCUT2D eigenvalue weighted by molar-refractivity contribution is 7.16. The fraction of sp³-hybridized carbons (Fsp3) is 0.308. The minimum atomic E-state index is -0.544. The van der Waals surface area contributed by atoms with Gasteiger partial charge in [-0.05, 0) is 25.8 Å². The van der Waals surface area contributed by atoms with Crippen LogP contribution in [0.4, 0.5) is 5.00 Å². The number of nitrogens with two attached hydrogens (primary N) is 1. The van der Waals surface area contributed by atoms with E-state index in [-0.39, 0.29) is 5.69 Å². The van der Waals surface area contributed by atoms with Gasteiger partial charge in [0.05, 0.1) is 5.56 Å². The predicted octanol–water partition coefficient (Wildman–Crippen LogP) is 2.27. The van der Waals surface area contributed by atoms with E-state index >= 15 is 0 Å². The summed E-state index contributed by atoms with van der Waals surface area (Å²) in [7, 11) is 0. The number of amides is 2. The van der Waals surface area contributed by atoms with E-state index in [1.807, 2.05) is 13.8 Å². The van der Waals surface area contributed by atoms with E-state index in [9.17, 15) is 9.59 Å². The number of nitrogens with one attached hydrogen (secondary N) is 1. The van der Waals surface area contributed by atoms with Crippen LogP contribution in [0.3, 0.4) is 0 Å². The number of hydrogen-bond acceptors (Lipinski definition) is 5. The minimum absolute atomic E-state index is 0.169. The molecule has 2 rings (SSSR count). The minimum Gasteiger partial charge on any atom is -0.365 e. The molecule has 2 heterocycles. The molecule has 0 bridgehead atoms. The second-order valence-electron chi connectivity index (χ2n) is 4.34. The van der Waals surface area contributed by atoms with E-state index < -0.39 is 11.8 Å². The molecule has 20 heavy (non-hydrogen) atoms. The van der Waals surface area contributed by atoms with Crippen LogP contribution in [0.25, 0.3) is 0 Å². The fourth-order valence-corrected chi connectivity index (χ4v) is 3.14. The van der Waals surface area contributed by atoms with Gasteiger partial charge in [0, 0.05) is 10.9 Å². The molecule has 2 aromatic heterocycles. The average Bonchev–Trinajstić information content (AvgIpc) is 2.92. The first kappa shape index (κ1) is 14.3. The van der Waals surface area contributed by atoms with Crippen molar-refractivity contribution in [3.63, 3.8) is 0 Å². The molecule has 0 aliphatic heterocycles. The third kappa shape index (κ3) is 2.57. The van der Waals surface area contributed by atoms with Crippen LogP contribution in [0, 0.1) is 13.8 Å². The molecule has 0 spiro atoms. The third-order valence-electron chi connectivity index (χ3n) is 2.90. The Kier molecular flexibility index (Phi) is 3.89. The molecule has 0 aliphatic carbocycles. The summed E-state index contributed by atoms with van der Waals surface area (Å²) in [6, 6.07) is 1.53. The highest BCUT2D eigenvalue weighted by Gasteiger charge is 2.21. The summed E-state index contributed by atoms with van der Waals surface area (Å²) in [6.45, 7) is 5.53. The fourth-order valence-electron chi connectivity index (χ4n) is 1.99. The van der Waals surface area contributed by atoms with Crippen molar-refractivity contribution in [2.24, 2.45) is 5.73 Å². The summed E-state index contributed by atoms with van der Waals surface area (Å²) in [5.74, 6) is -0.423. The quantitative estimate of drug-likeness (QED) is 0.903. The summed E-state index contributed by atoms with van der Waals surface area (Å²) >= 11 is 1.33. The first-order chi connectivity index (χ1) is 9.43. The lowest BCUT2D eigenvalue weighted by molar-refractivity contribution is 0.100. The van der Waals surface area contributed by atoms with Crippen molar-refractivity contribution in [2.75, 3.05) is 5.32 Å². The molecule has 0 fully saturated rings. The van der Waals surface area contributed by atoms with Crippen molar-refractivity contribution >= 4 is 28.2 Å². The molecule has 0 aliphatic rings. The molecule has 0 unspecified atom stereocenters. The standard InChI is InChI=1S/C13H15N3O3S/c1-4-8-7(3)20-13(10(8)11(14)17)15-12(18)9-5-6(2)19-16-9/h5H,4H2,1-3H3,(H2,14,17)(H,15,18). The molecule has 106 valence electrons. The molecule has 0 saturated heterocycles. The van der Waals surface area contributed by atoms with Crippen molar-refractivity contribution in [2.45, 2.75) is 27.2 Å². The lowest BCUT2D eigenvalue weighted by Gasteiger charge is -2.03. The van der Waals surface area contributed by atoms with E-state index in [0.717, 1.165) is 10.4 Å². The molecule has 3 N–H and O–H groups in total. The maximum Gasteiger partial charge on any atom is 0.278 e. The number of primary amides is 1. The largest absolute Gasteiger partial charge is 0.365 e. The van der Waals surface area contributed by atoms with Gasteiger partial charge in [-0.15, -0.1) is 11.3 Å². The maximum absolute atomic E-state index is 12.0. The smallest absolute Gasteiger partial charge is 0.278 e. The molecule has 2 aromatic rings. The van der Waals surface area contributed by atoms with E-state index in [0.29, 0.717) is 22.7 Å². The molecule has 0 radical (unpaired) electrons. The Morgan fingerprint density at radius 2 is 2.15 bits per heavy atom. The van der Waals surface area contributed by atoms with Crippen LogP contribution in [0.1, 0.15) is 44.0 Å². The summed E-state index contributed by atoms with van der Waals surface area (Å²) in [6.07, 6.45) is 0.680. The average molecular weight is 293 g/mol. The lowest BCUT2D eigenvalue weighted by atomic mass is 10.1. The topological polar surface area (TPSA) is 98.2 Å². The number of carbonyl (C=O) groups excluding carboxylic acids is 2. The van der Waals surface area contributed by atoms with Crippen molar-refractivity contribution in [1.29, 1.82) is 0 Å². The van der Waals surface area contributed by atoms with Gasteiger partial charge in [-0.2, -0.15) is 0 Å². The molecular formula is C13H15N3O3S. The van der Waals surface area contributed by atoms with Gasteiger partial charge < -0.3 is 15.6 Å². The summed E-state index contributed by atoms with van der Waals surface area (Å²) < 4.78 is 4.85. The Labute approximate surface area is 119 Å². The number of aromatic nitrogens is 1. The van der Waals surface area contributed by atoms with Crippen molar-refractivity contribution in [1.82, 2.24) is 5.16 Å². The number of aryl methyl sites for hydroxylation is 2. The van der Waals surface area contributed by atoms with E-state index in [2.05, 4.69) is 10.5 Å². The molecule has 0 saturated carbocycles. The Morgan fingerprint density at radius 1 is 1.45 bits per heavy atom. The number of anilines is 1. The van der Waals surface area contributed by atoms with Gasteiger partial charge in [0.1, 0.15) is 10.8 Å². The van der Waals surface area contributed by atoms with Crippen molar-refractivity contribution in [3.8, 4) is 0 Å². The Morgan fingerprint density at radius 3 is 2.65 bits per heavy atom. The second kappa shape index (κ2) is 5.46. The zero-order valence-corrected chi connectivity index (χ0v) is 12.3. The Bertz CT molecular complexity index is 672. The molecule has 6 nitrogen and oxygen atoms in total. The number of hydrogen-bond donors (Lipinski definition) is 2. The van der Waals surface area contributed by atoms with E-state index in [4.69, 9.17) is 10.3 Å². The monoisotopic (exact) mass is 293 g/mol. The van der Waals surface area contributed by atoms with Crippen LogP contribution in [0.2, 0.25) is 0 Å². The highest BCUT2D eigenvalue weighted by atomic mass is 32.1. The van der Waals surface area contributed by atoms with E-state index in [1.54, 1.807) is 6.92 Å². The highest BCUT2D eigenvalue weighted by Crippen LogP contribution is 2.33. The van der Waals surface area contributed by atoms with Gasteiger partial charge in [-0.25, -0.2) is 0 Å². The van der Waals surface area contributed by atoms with Crippen LogP contribution >= 0.6 is 11.3 Å². The SMILES string of the molecule is CCc1c(C)sc(NC(=O)c2cc(C)on2)c1C(N)=O. The second-order valence-corrected chi connectivity index (χ2v) is 5.56. The van der Waals surface area contributed by atoms with Crippen molar-refractivity contribution < 1.29 is 14.1 Å². The van der Waals surface area contributed by atoms with Gasteiger partial charge in [0.25, 0.3) is 11.8 Å². The van der Waals surface area contributed by atoms with E-state index in [1.165, 1.54) is 17.4 Å². The Hall–Kier alpha value is -2.15. The molecule has 2 amide bonds. The Balaban J connectivity index is 2.34. The number of nitrogens with zero attached hydrogens (tertiary/aromatic N) is 1. The maximum atomic E-state index is 12.0. The lowest BCUT2D eigenvalue weighted by Crippen LogP contribution is -2.18. The van der Waals surface area contributed by atoms with Crippen LogP contribution in [-0.2, 0) is 6.42 Å². The summed E-state index contributed by atoms with van der Waals surface area (Å²) in [5.41, 5.74) is 6.82. The van der Waals surface area contributed by atoms with Crippen LogP contribution in [0.5, 0.6) is 0 Å². The van der Waals surface area contributed by atoms with Gasteiger partial charge in [-0.3, -0.25) is 9.59 Å². The van der Waals surface area contributed by atoms with Gasteiger partial charge in [0.15, 0.2) is 5.69 Å².